The van der Waals surface area contributed by atoms with Crippen molar-refractivity contribution < 1.29 is 9.63 Å². The van der Waals surface area contributed by atoms with Gasteiger partial charge in [0, 0.05) is 13.5 Å². The highest BCUT2D eigenvalue weighted by molar-refractivity contribution is 5.75. The van der Waals surface area contributed by atoms with Gasteiger partial charge < -0.3 is 0 Å². The summed E-state index contributed by atoms with van der Waals surface area (Å²) in [6.45, 7) is 20.9. The van der Waals surface area contributed by atoms with Gasteiger partial charge in [-0.1, -0.05) is 75.2 Å². The van der Waals surface area contributed by atoms with E-state index in [0.717, 1.165) is 6.42 Å². The monoisotopic (exact) mass is 369 g/mol. The molecule has 0 atom stereocenters. The molecule has 0 bridgehead atoms. The van der Waals surface area contributed by atoms with Gasteiger partial charge in [-0.05, 0) is 47.3 Å². The number of hydrogen-bond acceptors (Lipinski definition) is 2. The number of unbranched alkanes of at least 4 members (excludes halogenated alkanes) is 1. The molecule has 26 heavy (non-hydrogen) atoms. The van der Waals surface area contributed by atoms with Gasteiger partial charge in [-0.25, -0.2) is 5.06 Å². The molecule has 0 N–H and O–H groups in total. The first kappa shape index (κ1) is 25.4. The minimum Gasteiger partial charge on any atom is -0.275 e. The second kappa shape index (κ2) is 9.57. The fraction of sp³-hybridized carbons (Fsp3) is 0.957. The highest BCUT2D eigenvalue weighted by atomic mass is 16.7. The van der Waals surface area contributed by atoms with Gasteiger partial charge in [0.2, 0.25) is 5.91 Å². The Balaban J connectivity index is 4.42. The lowest BCUT2D eigenvalue weighted by molar-refractivity contribution is -0.171. The van der Waals surface area contributed by atoms with Crippen molar-refractivity contribution in [1.82, 2.24) is 5.06 Å². The van der Waals surface area contributed by atoms with Crippen LogP contribution in [0.5, 0.6) is 0 Å². The summed E-state index contributed by atoms with van der Waals surface area (Å²) in [7, 11) is 3.22. The first-order chi connectivity index (χ1) is 11.5. The Hall–Kier alpha value is -0.570. The summed E-state index contributed by atoms with van der Waals surface area (Å²) < 4.78 is 0. The van der Waals surface area contributed by atoms with Crippen LogP contribution < -0.4 is 0 Å². The maximum Gasteiger partial charge on any atom is 0.246 e. The van der Waals surface area contributed by atoms with Crippen LogP contribution in [0.4, 0.5) is 0 Å². The molecular formula is C23H47NO2. The topological polar surface area (TPSA) is 29.5 Å². The van der Waals surface area contributed by atoms with Crippen LogP contribution in [0.1, 0.15) is 107 Å². The standard InChI is InChI=1S/C23H47NO2/c1-20(2,3)17-21(4,5)14-12-13-15-22(6,7)18-23(8,9)16-19(25)24(10)26-11/h12-18H2,1-11H3. The van der Waals surface area contributed by atoms with E-state index in [1.807, 2.05) is 0 Å². The summed E-state index contributed by atoms with van der Waals surface area (Å²) in [6, 6.07) is 0. The zero-order valence-corrected chi connectivity index (χ0v) is 19.7. The zero-order chi connectivity index (χ0) is 20.8. The van der Waals surface area contributed by atoms with E-state index in [1.165, 1.54) is 44.3 Å². The maximum absolute atomic E-state index is 12.2. The molecule has 0 unspecified atom stereocenters. The van der Waals surface area contributed by atoms with Crippen molar-refractivity contribution in [3.8, 4) is 0 Å². The van der Waals surface area contributed by atoms with Crippen LogP contribution in [-0.2, 0) is 9.63 Å². The largest absolute Gasteiger partial charge is 0.275 e. The van der Waals surface area contributed by atoms with Crippen LogP contribution in [0, 0.1) is 21.7 Å². The predicted molar refractivity (Wildman–Crippen MR) is 113 cm³/mol. The lowest BCUT2D eigenvalue weighted by atomic mass is 9.70. The van der Waals surface area contributed by atoms with Gasteiger partial charge in [0.05, 0.1) is 7.11 Å². The first-order valence-electron chi connectivity index (χ1n) is 10.3. The smallest absolute Gasteiger partial charge is 0.246 e. The van der Waals surface area contributed by atoms with Crippen LogP contribution in [0.2, 0.25) is 0 Å². The molecule has 3 nitrogen and oxygen atoms in total. The molecule has 0 aromatic rings. The summed E-state index contributed by atoms with van der Waals surface area (Å²) in [5.41, 5.74) is 1.05. The van der Waals surface area contributed by atoms with Gasteiger partial charge in [-0.15, -0.1) is 0 Å². The van der Waals surface area contributed by atoms with E-state index in [-0.39, 0.29) is 16.7 Å². The molecule has 0 aromatic heterocycles. The Labute approximate surface area is 164 Å². The van der Waals surface area contributed by atoms with Gasteiger partial charge in [0.25, 0.3) is 0 Å². The molecule has 0 aliphatic carbocycles. The van der Waals surface area contributed by atoms with Crippen LogP contribution in [-0.4, -0.2) is 25.1 Å². The summed E-state index contributed by atoms with van der Waals surface area (Å²) in [6.07, 6.45) is 7.91. The predicted octanol–water partition coefficient (Wildman–Crippen LogP) is 6.86. The zero-order valence-electron chi connectivity index (χ0n) is 19.7. The van der Waals surface area contributed by atoms with Crippen LogP contribution >= 0.6 is 0 Å². The van der Waals surface area contributed by atoms with Crippen molar-refractivity contribution in [3.05, 3.63) is 0 Å². The number of nitrogens with zero attached hydrogens (tertiary/aromatic N) is 1. The second-order valence-electron chi connectivity index (χ2n) is 11.9. The Morgan fingerprint density at radius 3 is 1.58 bits per heavy atom. The molecule has 0 saturated carbocycles. The van der Waals surface area contributed by atoms with E-state index in [2.05, 4.69) is 62.3 Å². The number of carbonyl (C=O) groups excluding carboxylic acids is 1. The van der Waals surface area contributed by atoms with E-state index in [4.69, 9.17) is 4.84 Å². The Bertz CT molecular complexity index is 430. The average Bonchev–Trinajstić information content (AvgIpc) is 2.38. The molecule has 0 aliphatic rings. The number of hydroxylamine groups is 2. The molecule has 0 saturated heterocycles. The van der Waals surface area contributed by atoms with Crippen LogP contribution in [0.15, 0.2) is 0 Å². The Morgan fingerprint density at radius 1 is 0.769 bits per heavy atom. The number of carbonyl (C=O) groups is 1. The van der Waals surface area contributed by atoms with Gasteiger partial charge in [-0.3, -0.25) is 9.63 Å². The van der Waals surface area contributed by atoms with E-state index in [0.29, 0.717) is 17.3 Å². The summed E-state index contributed by atoms with van der Waals surface area (Å²) in [5, 5.41) is 1.34. The SMILES string of the molecule is CON(C)C(=O)CC(C)(C)CC(C)(C)CCCCC(C)(C)CC(C)(C)C. The molecule has 0 radical (unpaired) electrons. The Morgan fingerprint density at radius 2 is 1.19 bits per heavy atom. The lowest BCUT2D eigenvalue weighted by Gasteiger charge is -2.36. The number of rotatable bonds is 11. The molecule has 3 heteroatoms. The quantitative estimate of drug-likeness (QED) is 0.294. The van der Waals surface area contributed by atoms with E-state index >= 15 is 0 Å². The Kier molecular flexibility index (Phi) is 9.36. The molecule has 0 spiro atoms. The molecule has 156 valence electrons. The van der Waals surface area contributed by atoms with E-state index < -0.39 is 0 Å². The van der Waals surface area contributed by atoms with E-state index in [1.54, 1.807) is 7.05 Å². The molecular weight excluding hydrogens is 322 g/mol. The van der Waals surface area contributed by atoms with Crippen molar-refractivity contribution in [2.24, 2.45) is 21.7 Å². The number of hydrogen-bond donors (Lipinski definition) is 0. The molecule has 0 rings (SSSR count). The second-order valence-corrected chi connectivity index (χ2v) is 11.9. The van der Waals surface area contributed by atoms with Crippen LogP contribution in [0.3, 0.4) is 0 Å². The third-order valence-electron chi connectivity index (χ3n) is 5.18. The van der Waals surface area contributed by atoms with E-state index in [9.17, 15) is 4.79 Å². The van der Waals surface area contributed by atoms with Gasteiger partial charge in [0.15, 0.2) is 0 Å². The molecule has 0 aliphatic heterocycles. The maximum atomic E-state index is 12.2. The van der Waals surface area contributed by atoms with Crippen LogP contribution in [0.25, 0.3) is 0 Å². The van der Waals surface area contributed by atoms with Crippen molar-refractivity contribution >= 4 is 5.91 Å². The third kappa shape index (κ3) is 11.9. The molecule has 0 fully saturated rings. The van der Waals surface area contributed by atoms with Crippen molar-refractivity contribution in [2.45, 2.75) is 107 Å². The third-order valence-corrected chi connectivity index (χ3v) is 5.18. The molecule has 0 heterocycles. The summed E-state index contributed by atoms with van der Waals surface area (Å²) >= 11 is 0. The number of amides is 1. The normalized spacial score (nSPS) is 13.8. The summed E-state index contributed by atoms with van der Waals surface area (Å²) in [4.78, 5) is 17.2. The molecule has 1 amide bonds. The minimum absolute atomic E-state index is 0.0150. The fourth-order valence-corrected chi connectivity index (χ4v) is 4.80. The lowest BCUT2D eigenvalue weighted by Crippen LogP contribution is -2.32. The highest BCUT2D eigenvalue weighted by Crippen LogP contribution is 2.41. The fourth-order valence-electron chi connectivity index (χ4n) is 4.80. The van der Waals surface area contributed by atoms with Crippen molar-refractivity contribution in [3.63, 3.8) is 0 Å². The van der Waals surface area contributed by atoms with Crippen molar-refractivity contribution in [1.29, 1.82) is 0 Å². The summed E-state index contributed by atoms with van der Waals surface area (Å²) in [5.74, 6) is 0.0530. The van der Waals surface area contributed by atoms with Gasteiger partial charge >= 0.3 is 0 Å². The van der Waals surface area contributed by atoms with Gasteiger partial charge in [-0.2, -0.15) is 0 Å². The molecule has 0 aromatic carbocycles. The average molecular weight is 370 g/mol. The highest BCUT2D eigenvalue weighted by Gasteiger charge is 2.32. The van der Waals surface area contributed by atoms with Gasteiger partial charge in [0.1, 0.15) is 0 Å². The van der Waals surface area contributed by atoms with Crippen molar-refractivity contribution in [2.75, 3.05) is 14.2 Å². The minimum atomic E-state index is -0.0150. The first-order valence-corrected chi connectivity index (χ1v) is 10.3.